The van der Waals surface area contributed by atoms with E-state index in [0.29, 0.717) is 5.92 Å². The molecule has 1 fully saturated rings. The van der Waals surface area contributed by atoms with Gasteiger partial charge in [0.25, 0.3) is 5.91 Å². The van der Waals surface area contributed by atoms with Gasteiger partial charge in [-0.25, -0.2) is 0 Å². The highest BCUT2D eigenvalue weighted by atomic mass is 35.5. The quantitative estimate of drug-likeness (QED) is 0.743. The lowest BCUT2D eigenvalue weighted by Gasteiger charge is -2.30. The van der Waals surface area contributed by atoms with E-state index in [4.69, 9.17) is 0 Å². The molecule has 2 N–H and O–H groups in total. The van der Waals surface area contributed by atoms with Gasteiger partial charge in [0, 0.05) is 30.4 Å². The van der Waals surface area contributed by atoms with Gasteiger partial charge in [-0.3, -0.25) is 4.79 Å². The monoisotopic (exact) mass is 389 g/mol. The van der Waals surface area contributed by atoms with Crippen molar-refractivity contribution in [1.29, 1.82) is 0 Å². The maximum atomic E-state index is 12.4. The number of amides is 1. The second-order valence-electron chi connectivity index (χ2n) is 6.53. The second-order valence-corrected chi connectivity index (χ2v) is 6.53. The molecule has 0 bridgehead atoms. The van der Waals surface area contributed by atoms with Crippen molar-refractivity contribution in [3.05, 3.63) is 29.8 Å². The number of nitrogens with zero attached hydrogens (tertiary/aromatic N) is 1. The molecule has 1 aromatic carbocycles. The molecule has 1 saturated heterocycles. The minimum absolute atomic E-state index is 0. The molecule has 0 aliphatic carbocycles. The van der Waals surface area contributed by atoms with Crippen LogP contribution in [-0.4, -0.2) is 38.1 Å². The Labute approximate surface area is 164 Å². The molecule has 1 aromatic rings. The van der Waals surface area contributed by atoms with Crippen molar-refractivity contribution in [3.63, 3.8) is 0 Å². The first-order valence-electron chi connectivity index (χ1n) is 9.02. The second kappa shape index (κ2) is 12.4. The van der Waals surface area contributed by atoms with E-state index in [2.05, 4.69) is 48.4 Å². The predicted molar refractivity (Wildman–Crippen MR) is 112 cm³/mol. The predicted octanol–water partition coefficient (Wildman–Crippen LogP) is 3.88. The van der Waals surface area contributed by atoms with Crippen LogP contribution in [0.2, 0.25) is 0 Å². The van der Waals surface area contributed by atoms with Crippen molar-refractivity contribution in [1.82, 2.24) is 10.6 Å². The number of unbranched alkanes of at least 4 members (excludes halogenated alkanes) is 1. The van der Waals surface area contributed by atoms with Gasteiger partial charge in [0.15, 0.2) is 0 Å². The van der Waals surface area contributed by atoms with Crippen LogP contribution >= 0.6 is 24.8 Å². The van der Waals surface area contributed by atoms with Crippen LogP contribution in [0.15, 0.2) is 24.3 Å². The van der Waals surface area contributed by atoms with Crippen molar-refractivity contribution in [2.45, 2.75) is 46.1 Å². The third kappa shape index (κ3) is 7.04. The van der Waals surface area contributed by atoms with Gasteiger partial charge >= 0.3 is 0 Å². The molecule has 1 heterocycles. The molecule has 25 heavy (non-hydrogen) atoms. The lowest BCUT2D eigenvalue weighted by atomic mass is 9.95. The molecule has 1 amide bonds. The number of halogens is 2. The Bertz CT molecular complexity index is 496. The molecular weight excluding hydrogens is 357 g/mol. The number of rotatable bonds is 7. The molecule has 1 aliphatic rings. The van der Waals surface area contributed by atoms with Crippen molar-refractivity contribution < 1.29 is 4.79 Å². The van der Waals surface area contributed by atoms with E-state index in [1.807, 2.05) is 12.1 Å². The number of hydrogen-bond acceptors (Lipinski definition) is 3. The molecule has 0 radical (unpaired) electrons. The van der Waals surface area contributed by atoms with Gasteiger partial charge in [0.1, 0.15) is 0 Å². The van der Waals surface area contributed by atoms with E-state index in [1.165, 1.54) is 18.5 Å². The number of carbonyl (C=O) groups is 1. The Morgan fingerprint density at radius 2 is 1.92 bits per heavy atom. The van der Waals surface area contributed by atoms with E-state index in [1.54, 1.807) is 0 Å². The summed E-state index contributed by atoms with van der Waals surface area (Å²) in [6, 6.07) is 8.32. The SMILES string of the molecule is CCCCN(CC)c1ccc(C(=O)NC2CCNCC2C)cc1.Cl.Cl. The normalized spacial score (nSPS) is 19.3. The Kier molecular flexibility index (Phi) is 11.9. The smallest absolute Gasteiger partial charge is 0.251 e. The summed E-state index contributed by atoms with van der Waals surface area (Å²) in [6.45, 7) is 10.6. The van der Waals surface area contributed by atoms with Crippen LogP contribution in [0.4, 0.5) is 5.69 Å². The van der Waals surface area contributed by atoms with Gasteiger partial charge in [-0.05, 0) is 63.0 Å². The minimum atomic E-state index is 0. The van der Waals surface area contributed by atoms with Crippen LogP contribution in [0, 0.1) is 5.92 Å². The third-order valence-electron chi connectivity index (χ3n) is 4.76. The molecule has 1 aliphatic heterocycles. The van der Waals surface area contributed by atoms with Crippen LogP contribution in [0.5, 0.6) is 0 Å². The topological polar surface area (TPSA) is 44.4 Å². The lowest BCUT2D eigenvalue weighted by Crippen LogP contribution is -2.48. The van der Waals surface area contributed by atoms with Crippen LogP contribution < -0.4 is 15.5 Å². The first-order valence-corrected chi connectivity index (χ1v) is 9.02. The summed E-state index contributed by atoms with van der Waals surface area (Å²) in [7, 11) is 0. The number of benzene rings is 1. The summed E-state index contributed by atoms with van der Waals surface area (Å²) in [4.78, 5) is 14.8. The van der Waals surface area contributed by atoms with Gasteiger partial charge in [0.05, 0.1) is 0 Å². The molecule has 0 aromatic heterocycles. The van der Waals surface area contributed by atoms with E-state index in [-0.39, 0.29) is 36.8 Å². The van der Waals surface area contributed by atoms with E-state index in [9.17, 15) is 4.79 Å². The van der Waals surface area contributed by atoms with Crippen LogP contribution in [0.3, 0.4) is 0 Å². The number of hydrogen-bond donors (Lipinski definition) is 2. The zero-order chi connectivity index (χ0) is 16.7. The Balaban J connectivity index is 0.00000288. The lowest BCUT2D eigenvalue weighted by molar-refractivity contribution is 0.0914. The molecule has 2 rings (SSSR count). The maximum absolute atomic E-state index is 12.4. The molecular formula is C19H33Cl2N3O. The first kappa shape index (κ1) is 24.0. The van der Waals surface area contributed by atoms with Gasteiger partial charge in [0.2, 0.25) is 0 Å². The van der Waals surface area contributed by atoms with Gasteiger partial charge in [-0.2, -0.15) is 0 Å². The molecule has 2 unspecified atom stereocenters. The fraction of sp³-hybridized carbons (Fsp3) is 0.632. The van der Waals surface area contributed by atoms with Crippen molar-refractivity contribution in [2.24, 2.45) is 5.92 Å². The molecule has 0 spiro atoms. The minimum Gasteiger partial charge on any atom is -0.372 e. The van der Waals surface area contributed by atoms with Gasteiger partial charge < -0.3 is 15.5 Å². The molecule has 0 saturated carbocycles. The molecule has 4 nitrogen and oxygen atoms in total. The van der Waals surface area contributed by atoms with Crippen LogP contribution in [0.25, 0.3) is 0 Å². The summed E-state index contributed by atoms with van der Waals surface area (Å²) in [5.41, 5.74) is 1.96. The molecule has 144 valence electrons. The summed E-state index contributed by atoms with van der Waals surface area (Å²) in [5, 5.41) is 6.55. The summed E-state index contributed by atoms with van der Waals surface area (Å²) < 4.78 is 0. The van der Waals surface area contributed by atoms with Gasteiger partial charge in [-0.1, -0.05) is 20.3 Å². The highest BCUT2D eigenvalue weighted by Gasteiger charge is 2.23. The zero-order valence-electron chi connectivity index (χ0n) is 15.6. The summed E-state index contributed by atoms with van der Waals surface area (Å²) in [6.07, 6.45) is 3.40. The number of piperidine rings is 1. The van der Waals surface area contributed by atoms with Crippen LogP contribution in [0.1, 0.15) is 50.4 Å². The highest BCUT2D eigenvalue weighted by Crippen LogP contribution is 2.17. The largest absolute Gasteiger partial charge is 0.372 e. The summed E-state index contributed by atoms with van der Waals surface area (Å²) >= 11 is 0. The van der Waals surface area contributed by atoms with Gasteiger partial charge in [-0.15, -0.1) is 24.8 Å². The fourth-order valence-electron chi connectivity index (χ4n) is 3.12. The molecule has 6 heteroatoms. The number of carbonyl (C=O) groups excluding carboxylic acids is 1. The average Bonchev–Trinajstić information content (AvgIpc) is 2.58. The van der Waals surface area contributed by atoms with E-state index >= 15 is 0 Å². The fourth-order valence-corrected chi connectivity index (χ4v) is 3.12. The molecule has 2 atom stereocenters. The first-order chi connectivity index (χ1) is 11.2. The van der Waals surface area contributed by atoms with E-state index < -0.39 is 0 Å². The van der Waals surface area contributed by atoms with Crippen molar-refractivity contribution in [2.75, 3.05) is 31.1 Å². The Hall–Kier alpha value is -0.970. The maximum Gasteiger partial charge on any atom is 0.251 e. The zero-order valence-corrected chi connectivity index (χ0v) is 17.2. The van der Waals surface area contributed by atoms with Crippen molar-refractivity contribution >= 4 is 36.4 Å². The van der Waals surface area contributed by atoms with Crippen LogP contribution in [-0.2, 0) is 0 Å². The third-order valence-corrected chi connectivity index (χ3v) is 4.76. The average molecular weight is 390 g/mol. The van der Waals surface area contributed by atoms with E-state index in [0.717, 1.165) is 38.2 Å². The Morgan fingerprint density at radius 3 is 2.48 bits per heavy atom. The standard InChI is InChI=1S/C19H31N3O.2ClH/c1-4-6-13-22(5-2)17-9-7-16(8-10-17)19(23)21-18-11-12-20-14-15(18)3;;/h7-10,15,18,20H,4-6,11-14H2,1-3H3,(H,21,23);2*1H. The number of anilines is 1. The summed E-state index contributed by atoms with van der Waals surface area (Å²) in [5.74, 6) is 0.531. The number of nitrogens with one attached hydrogen (secondary N) is 2. The highest BCUT2D eigenvalue weighted by molar-refractivity contribution is 5.94. The Morgan fingerprint density at radius 1 is 1.24 bits per heavy atom. The van der Waals surface area contributed by atoms with Crippen molar-refractivity contribution in [3.8, 4) is 0 Å².